The molecule has 0 radical (unpaired) electrons. The highest BCUT2D eigenvalue weighted by Gasteiger charge is 2.45. The number of ether oxygens (including phenoxy) is 2. The molecule has 1 aliphatic carbocycles. The standard InChI is InChI=1S/C29H26O4.2C3H4O2/c30-17-19-32-23-13-9-21(10-14-23)29(22-11-15-24(16-12-22)33-20-18-31)27-7-3-1-5-25(27)26-6-2-4-8-28(26)29;2*1-2-3(4)5/h1-16,30-31H,17-20H2;2*2H,1H2,(H,4,5). The molecule has 0 spiro atoms. The van der Waals surface area contributed by atoms with Crippen LogP contribution in [0.3, 0.4) is 0 Å². The number of hydrogen-bond acceptors (Lipinski definition) is 6. The van der Waals surface area contributed by atoms with Gasteiger partial charge in [-0.2, -0.15) is 0 Å². The fourth-order valence-corrected chi connectivity index (χ4v) is 4.95. The maximum absolute atomic E-state index is 9.25. The number of carboxylic acid groups (broad SMARTS) is 2. The maximum Gasteiger partial charge on any atom is 0.327 e. The summed E-state index contributed by atoms with van der Waals surface area (Å²) in [5.74, 6) is -0.500. The monoisotopic (exact) mass is 582 g/mol. The molecule has 0 aliphatic heterocycles. The van der Waals surface area contributed by atoms with Gasteiger partial charge in [-0.25, -0.2) is 9.59 Å². The van der Waals surface area contributed by atoms with Gasteiger partial charge in [0, 0.05) is 12.2 Å². The molecular weight excluding hydrogens is 548 g/mol. The van der Waals surface area contributed by atoms with Crippen LogP contribution in [0.5, 0.6) is 11.5 Å². The number of carboxylic acids is 2. The van der Waals surface area contributed by atoms with Gasteiger partial charge in [-0.1, -0.05) is 86.0 Å². The molecule has 0 amide bonds. The second-order valence-electron chi connectivity index (χ2n) is 9.12. The van der Waals surface area contributed by atoms with Crippen LogP contribution < -0.4 is 9.47 Å². The van der Waals surface area contributed by atoms with Crippen molar-refractivity contribution in [1.29, 1.82) is 0 Å². The van der Waals surface area contributed by atoms with Crippen molar-refractivity contribution in [1.82, 2.24) is 0 Å². The van der Waals surface area contributed by atoms with Crippen LogP contribution in [-0.2, 0) is 15.0 Å². The molecule has 5 rings (SSSR count). The van der Waals surface area contributed by atoms with Gasteiger partial charge < -0.3 is 29.9 Å². The largest absolute Gasteiger partial charge is 0.491 e. The van der Waals surface area contributed by atoms with Crippen LogP contribution in [0.2, 0.25) is 0 Å². The van der Waals surface area contributed by atoms with E-state index < -0.39 is 17.4 Å². The van der Waals surface area contributed by atoms with Crippen molar-refractivity contribution < 1.29 is 39.5 Å². The minimum Gasteiger partial charge on any atom is -0.491 e. The van der Waals surface area contributed by atoms with Crippen molar-refractivity contribution in [3.8, 4) is 22.6 Å². The quantitative estimate of drug-likeness (QED) is 0.163. The molecule has 0 heterocycles. The molecule has 4 aromatic carbocycles. The summed E-state index contributed by atoms with van der Waals surface area (Å²) in [5.41, 5.74) is 6.72. The normalized spacial score (nSPS) is 11.7. The molecule has 43 heavy (non-hydrogen) atoms. The zero-order valence-electron chi connectivity index (χ0n) is 23.6. The molecule has 4 N–H and O–H groups in total. The van der Waals surface area contributed by atoms with E-state index in [1.165, 1.54) is 22.3 Å². The van der Waals surface area contributed by atoms with E-state index in [0.29, 0.717) is 0 Å². The van der Waals surface area contributed by atoms with Crippen molar-refractivity contribution >= 4 is 11.9 Å². The highest BCUT2D eigenvalue weighted by Crippen LogP contribution is 2.56. The van der Waals surface area contributed by atoms with Crippen molar-refractivity contribution in [2.24, 2.45) is 0 Å². The number of aliphatic hydroxyl groups excluding tert-OH is 2. The highest BCUT2D eigenvalue weighted by molar-refractivity contribution is 5.86. The third-order valence-electron chi connectivity index (χ3n) is 6.60. The van der Waals surface area contributed by atoms with E-state index >= 15 is 0 Å². The molecule has 0 saturated carbocycles. The Morgan fingerprint density at radius 3 is 1.23 bits per heavy atom. The van der Waals surface area contributed by atoms with E-state index in [0.717, 1.165) is 34.8 Å². The topological polar surface area (TPSA) is 134 Å². The molecule has 8 heteroatoms. The van der Waals surface area contributed by atoms with Gasteiger partial charge in [-0.05, 0) is 57.6 Å². The summed E-state index contributed by atoms with van der Waals surface area (Å²) in [5, 5.41) is 33.4. The van der Waals surface area contributed by atoms with Gasteiger partial charge >= 0.3 is 11.9 Å². The van der Waals surface area contributed by atoms with E-state index in [1.807, 2.05) is 24.3 Å². The van der Waals surface area contributed by atoms with Crippen molar-refractivity contribution in [3.05, 3.63) is 145 Å². The lowest BCUT2D eigenvalue weighted by Crippen LogP contribution is -2.28. The smallest absolute Gasteiger partial charge is 0.327 e. The van der Waals surface area contributed by atoms with Crippen LogP contribution >= 0.6 is 0 Å². The van der Waals surface area contributed by atoms with E-state index in [2.05, 4.69) is 86.0 Å². The first-order valence-electron chi connectivity index (χ1n) is 13.4. The van der Waals surface area contributed by atoms with E-state index in [4.69, 9.17) is 29.9 Å². The molecule has 0 atom stereocenters. The van der Waals surface area contributed by atoms with Gasteiger partial charge in [0.05, 0.1) is 18.6 Å². The average Bonchev–Trinajstić information content (AvgIpc) is 3.35. The Morgan fingerprint density at radius 1 is 0.605 bits per heavy atom. The first kappa shape index (κ1) is 32.3. The number of aliphatic carboxylic acids is 2. The summed E-state index contributed by atoms with van der Waals surface area (Å²) in [6.07, 6.45) is 1.67. The molecule has 0 unspecified atom stereocenters. The first-order chi connectivity index (χ1) is 20.8. The Bertz CT molecular complexity index is 1410. The van der Waals surface area contributed by atoms with Gasteiger partial charge in [-0.3, -0.25) is 0 Å². The van der Waals surface area contributed by atoms with Crippen LogP contribution in [0, 0.1) is 0 Å². The molecule has 0 fully saturated rings. The maximum atomic E-state index is 9.25. The number of rotatable bonds is 10. The highest BCUT2D eigenvalue weighted by atomic mass is 16.5. The number of hydrogen-bond donors (Lipinski definition) is 4. The summed E-state index contributed by atoms with van der Waals surface area (Å²) in [6, 6.07) is 33.5. The van der Waals surface area contributed by atoms with Crippen molar-refractivity contribution in [2.75, 3.05) is 26.4 Å². The zero-order valence-corrected chi connectivity index (χ0v) is 23.6. The van der Waals surface area contributed by atoms with Gasteiger partial charge in [0.1, 0.15) is 24.7 Å². The molecule has 8 nitrogen and oxygen atoms in total. The molecule has 0 aromatic heterocycles. The van der Waals surface area contributed by atoms with Crippen LogP contribution in [-0.4, -0.2) is 58.8 Å². The van der Waals surface area contributed by atoms with E-state index in [-0.39, 0.29) is 26.4 Å². The lowest BCUT2D eigenvalue weighted by Gasteiger charge is -2.34. The Kier molecular flexibility index (Phi) is 11.8. The molecular formula is C35H34O8. The Labute approximate surface area is 250 Å². The van der Waals surface area contributed by atoms with E-state index in [9.17, 15) is 9.59 Å². The number of carbonyl (C=O) groups is 2. The second-order valence-corrected chi connectivity index (χ2v) is 9.12. The SMILES string of the molecule is C=CC(=O)O.C=CC(=O)O.OCCOc1ccc(C2(c3ccc(OCCO)cc3)c3ccccc3-c3ccccc32)cc1. The lowest BCUT2D eigenvalue weighted by molar-refractivity contribution is -0.132. The Balaban J connectivity index is 0.000000440. The third-order valence-corrected chi connectivity index (χ3v) is 6.60. The van der Waals surface area contributed by atoms with Gasteiger partial charge in [0.25, 0.3) is 0 Å². The molecule has 1 aliphatic rings. The first-order valence-corrected chi connectivity index (χ1v) is 13.4. The average molecular weight is 583 g/mol. The lowest BCUT2D eigenvalue weighted by atomic mass is 9.68. The molecule has 4 aromatic rings. The minimum absolute atomic E-state index is 0.0167. The van der Waals surface area contributed by atoms with Crippen LogP contribution in [0.4, 0.5) is 0 Å². The summed E-state index contributed by atoms with van der Waals surface area (Å²) in [6.45, 7) is 6.43. The Hall–Kier alpha value is -5.18. The summed E-state index contributed by atoms with van der Waals surface area (Å²) in [7, 11) is 0. The molecule has 0 bridgehead atoms. The Morgan fingerprint density at radius 2 is 0.930 bits per heavy atom. The predicted octanol–water partition coefficient (Wildman–Crippen LogP) is 5.31. The van der Waals surface area contributed by atoms with Crippen LogP contribution in [0.25, 0.3) is 11.1 Å². The van der Waals surface area contributed by atoms with Gasteiger partial charge in [-0.15, -0.1) is 0 Å². The van der Waals surface area contributed by atoms with Crippen LogP contribution in [0.1, 0.15) is 22.3 Å². The zero-order chi connectivity index (χ0) is 31.2. The third kappa shape index (κ3) is 7.56. The number of aliphatic hydroxyl groups is 2. The minimum atomic E-state index is -0.981. The number of benzene rings is 4. The van der Waals surface area contributed by atoms with Gasteiger partial charge in [0.15, 0.2) is 0 Å². The molecule has 222 valence electrons. The van der Waals surface area contributed by atoms with E-state index in [1.54, 1.807) is 0 Å². The van der Waals surface area contributed by atoms with Crippen LogP contribution in [0.15, 0.2) is 122 Å². The summed E-state index contributed by atoms with van der Waals surface area (Å²) in [4.78, 5) is 18.5. The fraction of sp³-hybridized carbons (Fsp3) is 0.143. The van der Waals surface area contributed by atoms with Gasteiger partial charge in [0.2, 0.25) is 0 Å². The summed E-state index contributed by atoms with van der Waals surface area (Å²) < 4.78 is 11.2. The second kappa shape index (κ2) is 15.7. The van der Waals surface area contributed by atoms with Crippen molar-refractivity contribution in [3.63, 3.8) is 0 Å². The number of fused-ring (bicyclic) bond motifs is 3. The van der Waals surface area contributed by atoms with Crippen molar-refractivity contribution in [2.45, 2.75) is 5.41 Å². The summed E-state index contributed by atoms with van der Waals surface area (Å²) >= 11 is 0. The fourth-order valence-electron chi connectivity index (χ4n) is 4.95. The predicted molar refractivity (Wildman–Crippen MR) is 165 cm³/mol. The molecule has 0 saturated heterocycles.